The van der Waals surface area contributed by atoms with Crippen molar-refractivity contribution in [1.29, 1.82) is 0 Å². The number of carbonyl (C=O) groups is 3. The van der Waals surface area contributed by atoms with Gasteiger partial charge in [0, 0.05) is 37.3 Å². The molecule has 2 aromatic rings. The van der Waals surface area contributed by atoms with Gasteiger partial charge in [-0.2, -0.15) is 0 Å². The minimum absolute atomic E-state index is 0.104. The van der Waals surface area contributed by atoms with Gasteiger partial charge in [-0.25, -0.2) is 9.78 Å². The van der Waals surface area contributed by atoms with Gasteiger partial charge in [-0.3, -0.25) is 9.59 Å². The Morgan fingerprint density at radius 1 is 1.14 bits per heavy atom. The predicted octanol–water partition coefficient (Wildman–Crippen LogP) is 1.63. The fourth-order valence-corrected chi connectivity index (χ4v) is 4.03. The van der Waals surface area contributed by atoms with Crippen LogP contribution in [0.15, 0.2) is 47.5 Å². The third-order valence-corrected chi connectivity index (χ3v) is 5.85. The average Bonchev–Trinajstić information content (AvgIpc) is 2.77. The molecule has 2 aliphatic rings. The van der Waals surface area contributed by atoms with Gasteiger partial charge in [0.1, 0.15) is 5.82 Å². The van der Waals surface area contributed by atoms with Gasteiger partial charge in [-0.05, 0) is 30.3 Å². The first-order valence-electron chi connectivity index (χ1n) is 9.28. The zero-order chi connectivity index (χ0) is 20.2. The number of nitrogens with one attached hydrogen (secondary N) is 1. The molecule has 1 fully saturated rings. The second-order valence-corrected chi connectivity index (χ2v) is 7.70. The summed E-state index contributed by atoms with van der Waals surface area (Å²) < 4.78 is 5.20. The van der Waals surface area contributed by atoms with Gasteiger partial charge < -0.3 is 19.9 Å². The number of pyridine rings is 1. The number of benzene rings is 1. The highest BCUT2D eigenvalue weighted by Crippen LogP contribution is 2.32. The van der Waals surface area contributed by atoms with Gasteiger partial charge in [0.2, 0.25) is 5.91 Å². The number of fused-ring (bicyclic) bond motifs is 1. The van der Waals surface area contributed by atoms with E-state index in [1.165, 1.54) is 11.8 Å². The number of anilines is 2. The van der Waals surface area contributed by atoms with Crippen molar-refractivity contribution in [3.63, 3.8) is 0 Å². The highest BCUT2D eigenvalue weighted by molar-refractivity contribution is 8.00. The predicted molar refractivity (Wildman–Crippen MR) is 109 cm³/mol. The smallest absolute Gasteiger partial charge is 0.338 e. The molecule has 2 aliphatic heterocycles. The number of thioether (sulfide) groups is 1. The van der Waals surface area contributed by atoms with Crippen molar-refractivity contribution < 1.29 is 19.1 Å². The largest absolute Gasteiger partial charge is 0.452 e. The number of rotatable bonds is 4. The molecule has 4 rings (SSSR count). The maximum absolute atomic E-state index is 12.4. The first kappa shape index (κ1) is 19.3. The number of esters is 1. The van der Waals surface area contributed by atoms with Crippen LogP contribution in [-0.4, -0.2) is 66.2 Å². The van der Waals surface area contributed by atoms with Crippen LogP contribution in [0.1, 0.15) is 10.4 Å². The Labute approximate surface area is 172 Å². The fourth-order valence-electron chi connectivity index (χ4n) is 3.24. The van der Waals surface area contributed by atoms with E-state index in [1.54, 1.807) is 29.3 Å². The van der Waals surface area contributed by atoms with Crippen LogP contribution < -0.4 is 10.2 Å². The molecule has 2 amide bonds. The molecule has 0 spiro atoms. The summed E-state index contributed by atoms with van der Waals surface area (Å²) in [6, 6.07) is 10.7. The highest BCUT2D eigenvalue weighted by atomic mass is 32.2. The number of hydrogen-bond donors (Lipinski definition) is 1. The molecule has 29 heavy (non-hydrogen) atoms. The van der Waals surface area contributed by atoms with Crippen LogP contribution in [0, 0.1) is 0 Å². The van der Waals surface area contributed by atoms with Crippen molar-refractivity contribution in [2.75, 3.05) is 48.8 Å². The van der Waals surface area contributed by atoms with E-state index in [4.69, 9.17) is 4.74 Å². The maximum atomic E-state index is 12.4. The maximum Gasteiger partial charge on any atom is 0.338 e. The van der Waals surface area contributed by atoms with E-state index < -0.39 is 5.97 Å². The SMILES string of the molecule is O=C1CSc2ccc(C(=O)OCC(=O)N3CCN(c4ccccn4)CC3)cc2N1. The molecule has 3 heterocycles. The van der Waals surface area contributed by atoms with Crippen molar-refractivity contribution in [3.8, 4) is 0 Å². The van der Waals surface area contributed by atoms with Crippen LogP contribution in [0.25, 0.3) is 0 Å². The van der Waals surface area contributed by atoms with Gasteiger partial charge >= 0.3 is 5.97 Å². The van der Waals surface area contributed by atoms with Gasteiger partial charge in [-0.1, -0.05) is 6.07 Å². The molecule has 0 unspecified atom stereocenters. The summed E-state index contributed by atoms with van der Waals surface area (Å²) in [7, 11) is 0. The lowest BCUT2D eigenvalue weighted by Gasteiger charge is -2.35. The number of carbonyl (C=O) groups excluding carboxylic acids is 3. The van der Waals surface area contributed by atoms with Crippen LogP contribution in [-0.2, 0) is 14.3 Å². The lowest BCUT2D eigenvalue weighted by molar-refractivity contribution is -0.134. The van der Waals surface area contributed by atoms with Gasteiger partial charge in [0.25, 0.3) is 5.91 Å². The summed E-state index contributed by atoms with van der Waals surface area (Å²) in [4.78, 5) is 45.3. The van der Waals surface area contributed by atoms with Gasteiger partial charge in [-0.15, -0.1) is 11.8 Å². The Hall–Kier alpha value is -3.07. The highest BCUT2D eigenvalue weighted by Gasteiger charge is 2.23. The van der Waals surface area contributed by atoms with E-state index in [9.17, 15) is 14.4 Å². The molecule has 0 aliphatic carbocycles. The molecule has 0 atom stereocenters. The molecule has 9 heteroatoms. The van der Waals surface area contributed by atoms with Crippen LogP contribution in [0.3, 0.4) is 0 Å². The van der Waals surface area contributed by atoms with Gasteiger partial charge in [0.05, 0.1) is 17.0 Å². The van der Waals surface area contributed by atoms with E-state index in [0.29, 0.717) is 43.2 Å². The van der Waals surface area contributed by atoms with Crippen LogP contribution >= 0.6 is 11.8 Å². The Morgan fingerprint density at radius 3 is 2.72 bits per heavy atom. The minimum atomic E-state index is -0.585. The van der Waals surface area contributed by atoms with Crippen molar-refractivity contribution in [2.24, 2.45) is 0 Å². The van der Waals surface area contributed by atoms with Crippen LogP contribution in [0.2, 0.25) is 0 Å². The topological polar surface area (TPSA) is 91.8 Å². The molecule has 150 valence electrons. The number of amides is 2. The van der Waals surface area contributed by atoms with Crippen molar-refractivity contribution in [2.45, 2.75) is 4.90 Å². The van der Waals surface area contributed by atoms with E-state index in [1.807, 2.05) is 18.2 Å². The zero-order valence-corrected chi connectivity index (χ0v) is 16.5. The van der Waals surface area contributed by atoms with Crippen molar-refractivity contribution in [3.05, 3.63) is 48.2 Å². The first-order valence-corrected chi connectivity index (χ1v) is 10.3. The second kappa shape index (κ2) is 8.52. The third kappa shape index (κ3) is 4.51. The lowest BCUT2D eigenvalue weighted by Crippen LogP contribution is -2.50. The van der Waals surface area contributed by atoms with E-state index in [2.05, 4.69) is 15.2 Å². The first-order chi connectivity index (χ1) is 14.1. The van der Waals surface area contributed by atoms with Gasteiger partial charge in [0.15, 0.2) is 6.61 Å². The van der Waals surface area contributed by atoms with Crippen LogP contribution in [0.4, 0.5) is 11.5 Å². The molecular weight excluding hydrogens is 392 g/mol. The Morgan fingerprint density at radius 2 is 1.97 bits per heavy atom. The molecular formula is C20H20N4O4S. The van der Waals surface area contributed by atoms with E-state index in [0.717, 1.165) is 10.7 Å². The minimum Gasteiger partial charge on any atom is -0.452 e. The summed E-state index contributed by atoms with van der Waals surface area (Å²) in [6.07, 6.45) is 1.75. The molecule has 1 N–H and O–H groups in total. The number of hydrogen-bond acceptors (Lipinski definition) is 7. The lowest BCUT2D eigenvalue weighted by atomic mass is 10.2. The average molecular weight is 412 g/mol. The quantitative estimate of drug-likeness (QED) is 0.763. The summed E-state index contributed by atoms with van der Waals surface area (Å²) in [5, 5.41) is 2.74. The summed E-state index contributed by atoms with van der Waals surface area (Å²) in [6.45, 7) is 2.16. The van der Waals surface area contributed by atoms with E-state index >= 15 is 0 Å². The summed E-state index contributed by atoms with van der Waals surface area (Å²) in [5.41, 5.74) is 0.900. The Bertz CT molecular complexity index is 929. The monoisotopic (exact) mass is 412 g/mol. The van der Waals surface area contributed by atoms with E-state index in [-0.39, 0.29) is 18.4 Å². The third-order valence-electron chi connectivity index (χ3n) is 4.78. The second-order valence-electron chi connectivity index (χ2n) is 6.68. The normalized spacial score (nSPS) is 16.1. The summed E-state index contributed by atoms with van der Waals surface area (Å²) in [5.74, 6) is 0.342. The fraction of sp³-hybridized carbons (Fsp3) is 0.300. The number of ether oxygens (including phenoxy) is 1. The standard InChI is InChI=1S/C20H20N4O4S/c25-18-13-29-16-5-4-14(11-15(16)22-18)20(27)28-12-19(26)24-9-7-23(8-10-24)17-3-1-2-6-21-17/h1-6,11H,7-10,12-13H2,(H,22,25). The van der Waals surface area contributed by atoms with Crippen LogP contribution in [0.5, 0.6) is 0 Å². The number of nitrogens with zero attached hydrogens (tertiary/aromatic N) is 3. The van der Waals surface area contributed by atoms with Crippen molar-refractivity contribution >= 4 is 41.1 Å². The molecule has 1 aromatic heterocycles. The molecule has 0 saturated carbocycles. The molecule has 1 aromatic carbocycles. The molecule has 8 nitrogen and oxygen atoms in total. The number of piperazine rings is 1. The number of aromatic nitrogens is 1. The zero-order valence-electron chi connectivity index (χ0n) is 15.7. The Kier molecular flexibility index (Phi) is 5.66. The molecule has 0 radical (unpaired) electrons. The molecule has 0 bridgehead atoms. The van der Waals surface area contributed by atoms with Crippen molar-refractivity contribution in [1.82, 2.24) is 9.88 Å². The molecule has 1 saturated heterocycles. The summed E-state index contributed by atoms with van der Waals surface area (Å²) >= 11 is 1.42. The Balaban J connectivity index is 1.28.